The van der Waals surface area contributed by atoms with E-state index in [1.165, 1.54) is 0 Å². The maximum Gasteiger partial charge on any atom is 0.252 e. The maximum absolute atomic E-state index is 13.2. The minimum absolute atomic E-state index is 0.0965. The lowest BCUT2D eigenvalue weighted by molar-refractivity contribution is -0.116. The summed E-state index contributed by atoms with van der Waals surface area (Å²) in [6, 6.07) is 19.2. The summed E-state index contributed by atoms with van der Waals surface area (Å²) in [7, 11) is 1.66. The molecule has 0 bridgehead atoms. The summed E-state index contributed by atoms with van der Waals surface area (Å²) in [5.41, 5.74) is 3.51. The molecule has 0 aliphatic rings. The molecule has 0 unspecified atom stereocenters. The molecule has 4 nitrogen and oxygen atoms in total. The third kappa shape index (κ3) is 4.52. The highest BCUT2D eigenvalue weighted by Gasteiger charge is 2.18. The first-order valence-corrected chi connectivity index (χ1v) is 9.38. The molecule has 0 fully saturated rings. The number of carbonyl (C=O) groups is 1. The van der Waals surface area contributed by atoms with Crippen LogP contribution in [0.3, 0.4) is 0 Å². The molecule has 1 amide bonds. The van der Waals surface area contributed by atoms with E-state index in [1.807, 2.05) is 55.5 Å². The Labute approximate surface area is 165 Å². The van der Waals surface area contributed by atoms with E-state index < -0.39 is 0 Å². The third-order valence-electron chi connectivity index (χ3n) is 4.69. The molecule has 0 aliphatic carbocycles. The van der Waals surface area contributed by atoms with Gasteiger partial charge in [0.2, 0.25) is 0 Å². The Hall–Kier alpha value is -3.27. The molecule has 4 heteroatoms. The van der Waals surface area contributed by atoms with Crippen molar-refractivity contribution in [3.63, 3.8) is 0 Å². The highest BCUT2D eigenvalue weighted by atomic mass is 16.5. The molecule has 0 aliphatic heterocycles. The average molecular weight is 375 g/mol. The van der Waals surface area contributed by atoms with Crippen molar-refractivity contribution in [2.75, 3.05) is 7.11 Å². The van der Waals surface area contributed by atoms with Gasteiger partial charge in [-0.3, -0.25) is 4.79 Å². The van der Waals surface area contributed by atoms with Crippen LogP contribution in [0.25, 0.3) is 11.6 Å². The number of amides is 1. The van der Waals surface area contributed by atoms with Crippen molar-refractivity contribution < 1.29 is 13.9 Å². The van der Waals surface area contributed by atoms with Gasteiger partial charge in [-0.15, -0.1) is 0 Å². The largest absolute Gasteiger partial charge is 0.496 e. The van der Waals surface area contributed by atoms with Gasteiger partial charge in [-0.1, -0.05) is 49.4 Å². The van der Waals surface area contributed by atoms with Crippen molar-refractivity contribution in [1.29, 1.82) is 0 Å². The van der Waals surface area contributed by atoms with Crippen molar-refractivity contribution in [2.45, 2.75) is 26.3 Å². The molecule has 0 saturated carbocycles. The van der Waals surface area contributed by atoms with Crippen molar-refractivity contribution in [2.24, 2.45) is 0 Å². The predicted octanol–water partition coefficient (Wildman–Crippen LogP) is 5.40. The summed E-state index contributed by atoms with van der Waals surface area (Å²) in [5, 5.41) is 3.17. The number of rotatable bonds is 7. The quantitative estimate of drug-likeness (QED) is 0.562. The molecule has 2 aromatic carbocycles. The number of ether oxygens (including phenoxy) is 1. The smallest absolute Gasteiger partial charge is 0.252 e. The van der Waals surface area contributed by atoms with Gasteiger partial charge in [-0.05, 0) is 54.3 Å². The fourth-order valence-corrected chi connectivity index (χ4v) is 3.19. The Morgan fingerprint density at radius 3 is 2.54 bits per heavy atom. The highest BCUT2D eigenvalue weighted by Crippen LogP contribution is 2.26. The van der Waals surface area contributed by atoms with Gasteiger partial charge in [0.15, 0.2) is 0 Å². The first-order valence-electron chi connectivity index (χ1n) is 9.38. The van der Waals surface area contributed by atoms with E-state index in [1.54, 1.807) is 25.5 Å². The van der Waals surface area contributed by atoms with Gasteiger partial charge in [-0.2, -0.15) is 0 Å². The van der Waals surface area contributed by atoms with Crippen LogP contribution in [-0.4, -0.2) is 13.0 Å². The second kappa shape index (κ2) is 9.09. The lowest BCUT2D eigenvalue weighted by Crippen LogP contribution is -2.29. The van der Waals surface area contributed by atoms with Crippen LogP contribution in [0.4, 0.5) is 0 Å². The van der Waals surface area contributed by atoms with Crippen molar-refractivity contribution in [3.05, 3.63) is 89.4 Å². The zero-order valence-corrected chi connectivity index (χ0v) is 16.4. The minimum Gasteiger partial charge on any atom is -0.496 e. The number of carbonyl (C=O) groups excluding carboxylic acids is 1. The van der Waals surface area contributed by atoms with Crippen molar-refractivity contribution >= 4 is 17.6 Å². The van der Waals surface area contributed by atoms with E-state index in [0.717, 1.165) is 28.9 Å². The Bertz CT molecular complexity index is 943. The third-order valence-corrected chi connectivity index (χ3v) is 4.69. The SMILES string of the molecule is CC[C@H](NC(=O)/C(=C/c1ccco1)c1ccccc1)c1ccc(OC)c(C)c1. The molecule has 0 saturated heterocycles. The topological polar surface area (TPSA) is 51.5 Å². The number of benzene rings is 2. The van der Waals surface area contributed by atoms with E-state index in [2.05, 4.69) is 18.3 Å². The lowest BCUT2D eigenvalue weighted by Gasteiger charge is -2.20. The van der Waals surface area contributed by atoms with Crippen LogP contribution in [0.1, 0.15) is 41.8 Å². The van der Waals surface area contributed by atoms with E-state index in [-0.39, 0.29) is 11.9 Å². The number of aryl methyl sites for hydroxylation is 1. The van der Waals surface area contributed by atoms with E-state index >= 15 is 0 Å². The minimum atomic E-state index is -0.136. The summed E-state index contributed by atoms with van der Waals surface area (Å²) in [6.45, 7) is 4.06. The number of nitrogens with one attached hydrogen (secondary N) is 1. The van der Waals surface area contributed by atoms with Gasteiger partial charge in [0.1, 0.15) is 11.5 Å². The number of hydrogen-bond donors (Lipinski definition) is 1. The summed E-state index contributed by atoms with van der Waals surface area (Å²) >= 11 is 0. The molecule has 3 rings (SSSR count). The molecule has 1 N–H and O–H groups in total. The van der Waals surface area contributed by atoms with Crippen LogP contribution in [0.2, 0.25) is 0 Å². The molecule has 0 radical (unpaired) electrons. The second-order valence-corrected chi connectivity index (χ2v) is 6.60. The normalized spacial score (nSPS) is 12.5. The van der Waals surface area contributed by atoms with Gasteiger partial charge in [0.25, 0.3) is 5.91 Å². The first-order chi connectivity index (χ1) is 13.6. The van der Waals surface area contributed by atoms with Crippen molar-refractivity contribution in [1.82, 2.24) is 5.32 Å². The molecule has 28 heavy (non-hydrogen) atoms. The predicted molar refractivity (Wildman–Crippen MR) is 112 cm³/mol. The summed E-state index contributed by atoms with van der Waals surface area (Å²) in [5.74, 6) is 1.35. The molecule has 3 aromatic rings. The van der Waals surface area contributed by atoms with Crippen LogP contribution >= 0.6 is 0 Å². The van der Waals surface area contributed by atoms with Gasteiger partial charge in [0, 0.05) is 0 Å². The molecule has 1 atom stereocenters. The van der Waals surface area contributed by atoms with Crippen LogP contribution in [0.5, 0.6) is 5.75 Å². The van der Waals surface area contributed by atoms with Crippen LogP contribution in [0.15, 0.2) is 71.3 Å². The standard InChI is InChI=1S/C24H25NO3/c1-4-22(19-12-13-23(27-3)17(2)15-19)25-24(26)21(16-20-11-8-14-28-20)18-9-6-5-7-10-18/h5-16,22H,4H2,1-3H3,(H,25,26)/b21-16+/t22-/m0/s1. The second-order valence-electron chi connectivity index (χ2n) is 6.60. The molecular weight excluding hydrogens is 350 g/mol. The Kier molecular flexibility index (Phi) is 6.33. The lowest BCUT2D eigenvalue weighted by atomic mass is 9.99. The van der Waals surface area contributed by atoms with Crippen molar-refractivity contribution in [3.8, 4) is 5.75 Å². The van der Waals surface area contributed by atoms with Gasteiger partial charge < -0.3 is 14.5 Å². The van der Waals surface area contributed by atoms with Gasteiger partial charge >= 0.3 is 0 Å². The monoisotopic (exact) mass is 375 g/mol. The Balaban J connectivity index is 1.89. The van der Waals surface area contributed by atoms with Gasteiger partial charge in [0.05, 0.1) is 25.0 Å². The Morgan fingerprint density at radius 2 is 1.93 bits per heavy atom. The highest BCUT2D eigenvalue weighted by molar-refractivity contribution is 6.24. The van der Waals surface area contributed by atoms with E-state index in [0.29, 0.717) is 11.3 Å². The summed E-state index contributed by atoms with van der Waals surface area (Å²) in [6.07, 6.45) is 4.15. The molecule has 1 heterocycles. The molecule has 0 spiro atoms. The van der Waals surface area contributed by atoms with E-state index in [4.69, 9.17) is 9.15 Å². The van der Waals surface area contributed by atoms with Gasteiger partial charge in [-0.25, -0.2) is 0 Å². The first kappa shape index (κ1) is 19.5. The molecular formula is C24H25NO3. The number of hydrogen-bond acceptors (Lipinski definition) is 3. The fraction of sp³-hybridized carbons (Fsp3) is 0.208. The average Bonchev–Trinajstić information content (AvgIpc) is 3.24. The van der Waals surface area contributed by atoms with Crippen LogP contribution in [-0.2, 0) is 4.79 Å². The van der Waals surface area contributed by atoms with Crippen LogP contribution in [0, 0.1) is 6.92 Å². The molecule has 144 valence electrons. The maximum atomic E-state index is 13.2. The summed E-state index contributed by atoms with van der Waals surface area (Å²) in [4.78, 5) is 13.2. The molecule has 1 aromatic heterocycles. The number of furan rings is 1. The zero-order chi connectivity index (χ0) is 19.9. The van der Waals surface area contributed by atoms with Crippen LogP contribution < -0.4 is 10.1 Å². The Morgan fingerprint density at radius 1 is 1.14 bits per heavy atom. The zero-order valence-electron chi connectivity index (χ0n) is 16.4. The van der Waals surface area contributed by atoms with E-state index in [9.17, 15) is 4.79 Å². The number of methoxy groups -OCH3 is 1. The fourth-order valence-electron chi connectivity index (χ4n) is 3.19. The summed E-state index contributed by atoms with van der Waals surface area (Å²) < 4.78 is 10.8.